The molecule has 2 aromatic carbocycles. The van der Waals surface area contributed by atoms with E-state index in [9.17, 15) is 9.59 Å². The normalized spacial score (nSPS) is 12.0. The summed E-state index contributed by atoms with van der Waals surface area (Å²) in [5.74, 6) is -1.00. The number of anilines is 2. The highest BCUT2D eigenvalue weighted by atomic mass is 16.5. The fourth-order valence-electron chi connectivity index (χ4n) is 2.68. The van der Waals surface area contributed by atoms with Crippen molar-refractivity contribution in [2.75, 3.05) is 24.3 Å². The molecule has 3 rings (SSSR count). The number of rotatable bonds is 6. The van der Waals surface area contributed by atoms with Gasteiger partial charge in [0.1, 0.15) is 0 Å². The Morgan fingerprint density at radius 2 is 1.76 bits per heavy atom. The van der Waals surface area contributed by atoms with Gasteiger partial charge in [0.25, 0.3) is 5.91 Å². The number of esters is 1. The third kappa shape index (κ3) is 5.42. The molecular formula is C23H23N3O3. The zero-order chi connectivity index (χ0) is 20.8. The summed E-state index contributed by atoms with van der Waals surface area (Å²) in [7, 11) is 3.88. The largest absolute Gasteiger partial charge is 0.449 e. The van der Waals surface area contributed by atoms with Crippen molar-refractivity contribution in [3.05, 3.63) is 72.4 Å². The number of para-hydroxylation sites is 1. The van der Waals surface area contributed by atoms with Gasteiger partial charge in [0.05, 0.1) is 11.2 Å². The van der Waals surface area contributed by atoms with Crippen molar-refractivity contribution in [2.24, 2.45) is 0 Å². The number of ether oxygens (including phenoxy) is 1. The maximum atomic E-state index is 12.3. The Hall–Kier alpha value is -3.67. The molecule has 0 bridgehead atoms. The highest BCUT2D eigenvalue weighted by molar-refractivity contribution is 5.96. The number of carbonyl (C=O) groups excluding carboxylic acids is 2. The molecule has 1 aromatic heterocycles. The lowest BCUT2D eigenvalue weighted by Gasteiger charge is -2.15. The molecule has 6 nitrogen and oxygen atoms in total. The van der Waals surface area contributed by atoms with Crippen LogP contribution >= 0.6 is 0 Å². The summed E-state index contributed by atoms with van der Waals surface area (Å²) in [5.41, 5.74) is 3.14. The van der Waals surface area contributed by atoms with Crippen molar-refractivity contribution in [1.29, 1.82) is 0 Å². The van der Waals surface area contributed by atoms with Crippen molar-refractivity contribution in [3.63, 3.8) is 0 Å². The van der Waals surface area contributed by atoms with Crippen molar-refractivity contribution in [2.45, 2.75) is 13.0 Å². The maximum absolute atomic E-state index is 12.3. The summed E-state index contributed by atoms with van der Waals surface area (Å²) in [4.78, 5) is 30.7. The Bertz CT molecular complexity index is 1040. The molecule has 1 heterocycles. The highest BCUT2D eigenvalue weighted by Gasteiger charge is 2.16. The van der Waals surface area contributed by atoms with Gasteiger partial charge in [-0.25, -0.2) is 9.78 Å². The fourth-order valence-corrected chi connectivity index (χ4v) is 2.68. The van der Waals surface area contributed by atoms with Crippen LogP contribution in [0.15, 0.2) is 66.7 Å². The quantitative estimate of drug-likeness (QED) is 0.512. The molecule has 0 aliphatic rings. The van der Waals surface area contributed by atoms with E-state index < -0.39 is 18.0 Å². The summed E-state index contributed by atoms with van der Waals surface area (Å²) < 4.78 is 5.18. The molecule has 1 unspecified atom stereocenters. The first kappa shape index (κ1) is 20.1. The molecule has 29 heavy (non-hydrogen) atoms. The predicted molar refractivity (Wildman–Crippen MR) is 116 cm³/mol. The van der Waals surface area contributed by atoms with Gasteiger partial charge in [-0.05, 0) is 49.4 Å². The molecule has 0 fully saturated rings. The third-order valence-corrected chi connectivity index (χ3v) is 4.32. The van der Waals surface area contributed by atoms with Crippen LogP contribution in [0.5, 0.6) is 0 Å². The lowest BCUT2D eigenvalue weighted by Crippen LogP contribution is -2.29. The topological polar surface area (TPSA) is 71.5 Å². The summed E-state index contributed by atoms with van der Waals surface area (Å²) in [6.45, 7) is 1.53. The van der Waals surface area contributed by atoms with Crippen LogP contribution in [0.2, 0.25) is 0 Å². The molecule has 0 radical (unpaired) electrons. The standard InChI is InChI=1S/C23H23N3O3/c1-16(23(28)25-19-10-13-20(14-11-19)26(2)3)29-22(27)15-12-18-9-8-17-6-4-5-7-21(17)24-18/h4-16H,1-3H3,(H,25,28)/b15-12+. The summed E-state index contributed by atoms with van der Waals surface area (Å²) in [6, 6.07) is 18.9. The van der Waals surface area contributed by atoms with Gasteiger partial charge < -0.3 is 15.0 Å². The van der Waals surface area contributed by atoms with E-state index in [-0.39, 0.29) is 0 Å². The van der Waals surface area contributed by atoms with Gasteiger partial charge in [-0.2, -0.15) is 0 Å². The van der Waals surface area contributed by atoms with Crippen LogP contribution in [0, 0.1) is 0 Å². The number of carbonyl (C=O) groups is 2. The molecule has 3 aromatic rings. The molecule has 0 aliphatic carbocycles. The van der Waals surface area contributed by atoms with E-state index in [1.54, 1.807) is 18.2 Å². The molecule has 0 saturated carbocycles. The van der Waals surface area contributed by atoms with Gasteiger partial charge in [-0.3, -0.25) is 4.79 Å². The number of nitrogens with one attached hydrogen (secondary N) is 1. The lowest BCUT2D eigenvalue weighted by atomic mass is 10.2. The van der Waals surface area contributed by atoms with E-state index in [0.717, 1.165) is 16.6 Å². The first-order chi connectivity index (χ1) is 13.9. The number of hydrogen-bond donors (Lipinski definition) is 1. The van der Waals surface area contributed by atoms with Crippen LogP contribution in [0.3, 0.4) is 0 Å². The smallest absolute Gasteiger partial charge is 0.331 e. The maximum Gasteiger partial charge on any atom is 0.331 e. The van der Waals surface area contributed by atoms with Crippen molar-refractivity contribution in [3.8, 4) is 0 Å². The summed E-state index contributed by atoms with van der Waals surface area (Å²) in [6.07, 6.45) is 1.91. The average Bonchev–Trinajstić information content (AvgIpc) is 2.72. The Labute approximate surface area is 169 Å². The Morgan fingerprint density at radius 1 is 1.03 bits per heavy atom. The second-order valence-corrected chi connectivity index (χ2v) is 6.77. The lowest BCUT2D eigenvalue weighted by molar-refractivity contribution is -0.148. The second-order valence-electron chi connectivity index (χ2n) is 6.77. The van der Waals surface area contributed by atoms with Crippen LogP contribution in [0.4, 0.5) is 11.4 Å². The van der Waals surface area contributed by atoms with Crippen LogP contribution in [0.25, 0.3) is 17.0 Å². The molecule has 0 saturated heterocycles. The van der Waals surface area contributed by atoms with Gasteiger partial charge in [0.2, 0.25) is 0 Å². The monoisotopic (exact) mass is 389 g/mol. The van der Waals surface area contributed by atoms with Gasteiger partial charge in [-0.1, -0.05) is 24.3 Å². The Balaban J connectivity index is 1.55. The number of aromatic nitrogens is 1. The number of fused-ring (bicyclic) bond motifs is 1. The van der Waals surface area contributed by atoms with Crippen molar-refractivity contribution >= 4 is 40.2 Å². The zero-order valence-electron chi connectivity index (χ0n) is 16.6. The van der Waals surface area contributed by atoms with Gasteiger partial charge in [0, 0.05) is 36.9 Å². The highest BCUT2D eigenvalue weighted by Crippen LogP contribution is 2.16. The minimum atomic E-state index is -0.926. The van der Waals surface area contributed by atoms with Crippen LogP contribution in [0.1, 0.15) is 12.6 Å². The molecule has 1 atom stereocenters. The first-order valence-corrected chi connectivity index (χ1v) is 9.25. The predicted octanol–water partition coefficient (Wildman–Crippen LogP) is 3.88. The molecule has 148 valence electrons. The molecular weight excluding hydrogens is 366 g/mol. The number of benzene rings is 2. The molecule has 1 amide bonds. The van der Waals surface area contributed by atoms with E-state index in [1.807, 2.05) is 67.5 Å². The third-order valence-electron chi connectivity index (χ3n) is 4.32. The number of pyridine rings is 1. The number of nitrogens with zero attached hydrogens (tertiary/aromatic N) is 2. The first-order valence-electron chi connectivity index (χ1n) is 9.25. The van der Waals surface area contributed by atoms with E-state index in [1.165, 1.54) is 13.0 Å². The van der Waals surface area contributed by atoms with E-state index in [2.05, 4.69) is 10.3 Å². The van der Waals surface area contributed by atoms with Crippen molar-refractivity contribution in [1.82, 2.24) is 4.98 Å². The number of hydrogen-bond acceptors (Lipinski definition) is 5. The van der Waals surface area contributed by atoms with Gasteiger partial charge >= 0.3 is 5.97 Å². The molecule has 6 heteroatoms. The van der Waals surface area contributed by atoms with E-state index in [0.29, 0.717) is 11.4 Å². The van der Waals surface area contributed by atoms with Gasteiger partial charge in [-0.15, -0.1) is 0 Å². The molecule has 0 spiro atoms. The minimum Gasteiger partial charge on any atom is -0.449 e. The number of amides is 1. The summed E-state index contributed by atoms with van der Waals surface area (Å²) >= 11 is 0. The molecule has 0 aliphatic heterocycles. The fraction of sp³-hybridized carbons (Fsp3) is 0.174. The van der Waals surface area contributed by atoms with Gasteiger partial charge in [0.15, 0.2) is 6.10 Å². The van der Waals surface area contributed by atoms with E-state index in [4.69, 9.17) is 4.74 Å². The second kappa shape index (κ2) is 9.01. The zero-order valence-corrected chi connectivity index (χ0v) is 16.6. The van der Waals surface area contributed by atoms with Crippen LogP contribution < -0.4 is 10.2 Å². The minimum absolute atomic E-state index is 0.395. The molecule has 1 N–H and O–H groups in total. The van der Waals surface area contributed by atoms with Crippen LogP contribution in [-0.2, 0) is 14.3 Å². The van der Waals surface area contributed by atoms with Crippen molar-refractivity contribution < 1.29 is 14.3 Å². The van der Waals surface area contributed by atoms with E-state index >= 15 is 0 Å². The summed E-state index contributed by atoms with van der Waals surface area (Å²) in [5, 5.41) is 3.76. The SMILES string of the molecule is CC(OC(=O)/C=C/c1ccc2ccccc2n1)C(=O)Nc1ccc(N(C)C)cc1. The Morgan fingerprint density at radius 3 is 2.48 bits per heavy atom. The average molecular weight is 389 g/mol. The van der Waals surface area contributed by atoms with Crippen LogP contribution in [-0.4, -0.2) is 37.1 Å². The Kier molecular flexibility index (Phi) is 6.24.